The quantitative estimate of drug-likeness (QED) is 0.701. The van der Waals surface area contributed by atoms with Gasteiger partial charge >= 0.3 is 5.97 Å². The number of methoxy groups -OCH3 is 2. The van der Waals surface area contributed by atoms with Crippen molar-refractivity contribution in [2.75, 3.05) is 14.2 Å². The summed E-state index contributed by atoms with van der Waals surface area (Å²) in [4.78, 5) is 27.2. The highest BCUT2D eigenvalue weighted by Crippen LogP contribution is 2.21. The first kappa shape index (κ1) is 16.6. The lowest BCUT2D eigenvalue weighted by atomic mass is 10.1. The number of aromatic nitrogens is 1. The molecule has 0 aliphatic rings. The maximum Gasteiger partial charge on any atom is 0.341 e. The number of aromatic amines is 1. The summed E-state index contributed by atoms with van der Waals surface area (Å²) >= 11 is 0. The van der Waals surface area contributed by atoms with E-state index in [1.807, 2.05) is 24.3 Å². The number of para-hydroxylation sites is 1. The lowest BCUT2D eigenvalue weighted by Gasteiger charge is -2.10. The van der Waals surface area contributed by atoms with Crippen molar-refractivity contribution >= 4 is 22.8 Å². The van der Waals surface area contributed by atoms with Crippen LogP contribution in [0.1, 0.15) is 26.4 Å². The smallest absolute Gasteiger partial charge is 0.341 e. The summed E-state index contributed by atoms with van der Waals surface area (Å²) in [5.41, 5.74) is 2.49. The minimum atomic E-state index is -0.486. The van der Waals surface area contributed by atoms with Crippen LogP contribution in [0.3, 0.4) is 0 Å². The molecule has 6 heteroatoms. The van der Waals surface area contributed by atoms with Crippen molar-refractivity contribution in [3.8, 4) is 5.75 Å². The van der Waals surface area contributed by atoms with E-state index in [-0.39, 0.29) is 12.5 Å². The highest BCUT2D eigenvalue weighted by molar-refractivity contribution is 5.98. The van der Waals surface area contributed by atoms with E-state index in [2.05, 4.69) is 10.3 Å². The molecule has 2 aromatic carbocycles. The summed E-state index contributed by atoms with van der Waals surface area (Å²) in [5.74, 6) is -0.273. The number of carbonyl (C=O) groups is 2. The third-order valence-corrected chi connectivity index (χ3v) is 3.90. The van der Waals surface area contributed by atoms with Gasteiger partial charge in [0, 0.05) is 17.4 Å². The van der Waals surface area contributed by atoms with Crippen LogP contribution in [0.4, 0.5) is 0 Å². The van der Waals surface area contributed by atoms with Gasteiger partial charge in [0.15, 0.2) is 0 Å². The molecule has 0 unspecified atom stereocenters. The van der Waals surface area contributed by atoms with Gasteiger partial charge in [-0.25, -0.2) is 4.79 Å². The molecule has 1 amide bonds. The van der Waals surface area contributed by atoms with E-state index in [9.17, 15) is 9.59 Å². The fourth-order valence-electron chi connectivity index (χ4n) is 2.61. The summed E-state index contributed by atoms with van der Waals surface area (Å²) in [6.45, 7) is 0.280. The highest BCUT2D eigenvalue weighted by Gasteiger charge is 2.14. The molecule has 0 saturated carbocycles. The third kappa shape index (κ3) is 3.47. The zero-order valence-corrected chi connectivity index (χ0v) is 14.0. The average Bonchev–Trinajstić information content (AvgIpc) is 3.09. The van der Waals surface area contributed by atoms with Crippen LogP contribution in [0, 0.1) is 0 Å². The number of hydrogen-bond acceptors (Lipinski definition) is 4. The Morgan fingerprint density at radius 2 is 1.88 bits per heavy atom. The van der Waals surface area contributed by atoms with E-state index >= 15 is 0 Å². The fraction of sp³-hybridized carbons (Fsp3) is 0.158. The van der Waals surface area contributed by atoms with E-state index in [0.29, 0.717) is 17.0 Å². The van der Waals surface area contributed by atoms with E-state index < -0.39 is 5.97 Å². The molecule has 25 heavy (non-hydrogen) atoms. The molecule has 2 N–H and O–H groups in total. The van der Waals surface area contributed by atoms with Crippen molar-refractivity contribution in [1.29, 1.82) is 0 Å². The molecule has 3 rings (SSSR count). The molecule has 0 bridgehead atoms. The molecule has 128 valence electrons. The predicted molar refractivity (Wildman–Crippen MR) is 93.8 cm³/mol. The average molecular weight is 338 g/mol. The Bertz CT molecular complexity index is 897. The van der Waals surface area contributed by atoms with Gasteiger partial charge in [-0.1, -0.05) is 24.3 Å². The Balaban J connectivity index is 1.74. The van der Waals surface area contributed by atoms with Crippen LogP contribution >= 0.6 is 0 Å². The maximum absolute atomic E-state index is 12.3. The number of hydrogen-bond donors (Lipinski definition) is 2. The molecule has 1 heterocycles. The maximum atomic E-state index is 12.3. The number of amides is 1. The van der Waals surface area contributed by atoms with Gasteiger partial charge in [-0.05, 0) is 29.8 Å². The van der Waals surface area contributed by atoms with Gasteiger partial charge in [0.2, 0.25) is 0 Å². The van der Waals surface area contributed by atoms with Crippen LogP contribution in [0.5, 0.6) is 5.75 Å². The van der Waals surface area contributed by atoms with E-state index in [0.717, 1.165) is 16.5 Å². The zero-order valence-electron chi connectivity index (χ0n) is 14.0. The first-order valence-electron chi connectivity index (χ1n) is 7.73. The van der Waals surface area contributed by atoms with E-state index in [1.165, 1.54) is 14.2 Å². The van der Waals surface area contributed by atoms with Gasteiger partial charge in [-0.2, -0.15) is 0 Å². The van der Waals surface area contributed by atoms with Crippen LogP contribution in [0.15, 0.2) is 48.5 Å². The molecule has 0 fully saturated rings. The largest absolute Gasteiger partial charge is 0.496 e. The fourth-order valence-corrected chi connectivity index (χ4v) is 2.61. The summed E-state index contributed by atoms with van der Waals surface area (Å²) in [6.07, 6.45) is 0. The first-order valence-corrected chi connectivity index (χ1v) is 7.73. The van der Waals surface area contributed by atoms with Crippen LogP contribution in [0.2, 0.25) is 0 Å². The lowest BCUT2D eigenvalue weighted by Crippen LogP contribution is -2.23. The van der Waals surface area contributed by atoms with Crippen molar-refractivity contribution in [2.45, 2.75) is 6.54 Å². The van der Waals surface area contributed by atoms with E-state index in [1.54, 1.807) is 24.3 Å². The van der Waals surface area contributed by atoms with Gasteiger partial charge in [0.25, 0.3) is 5.91 Å². The van der Waals surface area contributed by atoms with Gasteiger partial charge in [0.05, 0.1) is 14.2 Å². The number of esters is 1. The number of fused-ring (bicyclic) bond motifs is 1. The second kappa shape index (κ2) is 7.09. The Kier molecular flexibility index (Phi) is 4.70. The number of H-pyrrole nitrogens is 1. The summed E-state index contributed by atoms with van der Waals surface area (Å²) in [5, 5.41) is 3.81. The van der Waals surface area contributed by atoms with Crippen molar-refractivity contribution in [2.24, 2.45) is 0 Å². The van der Waals surface area contributed by atoms with Gasteiger partial charge in [-0.3, -0.25) is 4.79 Å². The Morgan fingerprint density at radius 1 is 1.08 bits per heavy atom. The summed E-state index contributed by atoms with van der Waals surface area (Å²) in [6, 6.07) is 14.6. The molecule has 0 aliphatic heterocycles. The molecule has 0 spiro atoms. The Morgan fingerprint density at radius 3 is 2.60 bits per heavy atom. The van der Waals surface area contributed by atoms with Gasteiger partial charge in [0.1, 0.15) is 17.0 Å². The van der Waals surface area contributed by atoms with Crippen molar-refractivity contribution < 1.29 is 19.1 Å². The molecule has 0 aliphatic carbocycles. The topological polar surface area (TPSA) is 80.4 Å². The van der Waals surface area contributed by atoms with Gasteiger partial charge in [-0.15, -0.1) is 0 Å². The molecule has 3 aromatic rings. The minimum Gasteiger partial charge on any atom is -0.496 e. The Labute approximate surface area is 144 Å². The van der Waals surface area contributed by atoms with Crippen LogP contribution in [-0.2, 0) is 11.3 Å². The van der Waals surface area contributed by atoms with Crippen molar-refractivity contribution in [3.63, 3.8) is 0 Å². The van der Waals surface area contributed by atoms with Crippen LogP contribution < -0.4 is 10.1 Å². The first-order chi connectivity index (χ1) is 12.1. The standard InChI is InChI=1S/C19H18N2O4/c1-24-17-8-7-12(9-14(17)19(23)25-2)11-20-18(22)16-10-13-5-3-4-6-15(13)21-16/h3-10,21H,11H2,1-2H3,(H,20,22). The highest BCUT2D eigenvalue weighted by atomic mass is 16.5. The normalized spacial score (nSPS) is 10.5. The van der Waals surface area contributed by atoms with Gasteiger partial charge < -0.3 is 19.8 Å². The van der Waals surface area contributed by atoms with Crippen molar-refractivity contribution in [1.82, 2.24) is 10.3 Å². The molecule has 0 radical (unpaired) electrons. The Hall–Kier alpha value is -3.28. The minimum absolute atomic E-state index is 0.216. The van der Waals surface area contributed by atoms with E-state index in [4.69, 9.17) is 9.47 Å². The third-order valence-electron chi connectivity index (χ3n) is 3.90. The van der Waals surface area contributed by atoms with Crippen molar-refractivity contribution in [3.05, 3.63) is 65.4 Å². The lowest BCUT2D eigenvalue weighted by molar-refractivity contribution is 0.0597. The molecular weight excluding hydrogens is 320 g/mol. The van der Waals surface area contributed by atoms with Crippen LogP contribution in [0.25, 0.3) is 10.9 Å². The van der Waals surface area contributed by atoms with Crippen LogP contribution in [-0.4, -0.2) is 31.1 Å². The predicted octanol–water partition coefficient (Wildman–Crippen LogP) is 2.89. The zero-order chi connectivity index (χ0) is 17.8. The number of rotatable bonds is 5. The number of benzene rings is 2. The second-order valence-electron chi connectivity index (χ2n) is 5.48. The number of nitrogens with one attached hydrogen (secondary N) is 2. The number of ether oxygens (including phenoxy) is 2. The monoisotopic (exact) mass is 338 g/mol. The molecular formula is C19H18N2O4. The summed E-state index contributed by atoms with van der Waals surface area (Å²) < 4.78 is 9.91. The molecule has 1 aromatic heterocycles. The molecule has 0 saturated heterocycles. The molecule has 0 atom stereocenters. The second-order valence-corrected chi connectivity index (χ2v) is 5.48. The molecule has 6 nitrogen and oxygen atoms in total. The number of carbonyl (C=O) groups excluding carboxylic acids is 2. The summed E-state index contributed by atoms with van der Waals surface area (Å²) in [7, 11) is 2.80. The SMILES string of the molecule is COC(=O)c1cc(CNC(=O)c2cc3ccccc3[nH]2)ccc1OC.